The van der Waals surface area contributed by atoms with E-state index in [-0.39, 0.29) is 38.3 Å². The Morgan fingerprint density at radius 1 is 0.932 bits per heavy atom. The van der Waals surface area contributed by atoms with E-state index in [1.807, 2.05) is 42.5 Å². The fourth-order valence-electron chi connectivity index (χ4n) is 6.52. The predicted molar refractivity (Wildman–Crippen MR) is 167 cm³/mol. The number of fused-ring (bicyclic) bond motifs is 4. The van der Waals surface area contributed by atoms with Crippen molar-refractivity contribution in [3.8, 4) is 17.2 Å². The molecule has 0 aromatic heterocycles. The lowest BCUT2D eigenvalue weighted by molar-refractivity contribution is -0.138. The number of carbonyl (C=O) groups is 2. The summed E-state index contributed by atoms with van der Waals surface area (Å²) >= 11 is 0. The lowest BCUT2D eigenvalue weighted by atomic mass is 9.77. The molecule has 2 aromatic rings. The number of aliphatic hydroxyl groups is 2. The monoisotopic (exact) mass is 606 g/mol. The highest BCUT2D eigenvalue weighted by Gasteiger charge is 2.50. The molecule has 238 valence electrons. The lowest BCUT2D eigenvalue weighted by Crippen LogP contribution is -2.55. The highest BCUT2D eigenvalue weighted by Crippen LogP contribution is 2.47. The van der Waals surface area contributed by atoms with Crippen LogP contribution in [0.4, 0.5) is 0 Å². The number of nitrogens with zero attached hydrogens (tertiary/aromatic N) is 1. The summed E-state index contributed by atoms with van der Waals surface area (Å²) in [5, 5.41) is 23.9. The molecule has 2 aliphatic heterocycles. The average molecular weight is 607 g/mol. The SMILES string of the molecule is CCCCCCCCCCCC(=O)N(Cc1ccc2c(c1)OCO2)C1C=C(C(=O)NCCO)C2c3ccccc3OC2C1O. The van der Waals surface area contributed by atoms with E-state index in [9.17, 15) is 19.8 Å². The van der Waals surface area contributed by atoms with Crippen molar-refractivity contribution in [2.75, 3.05) is 19.9 Å². The van der Waals surface area contributed by atoms with Gasteiger partial charge in [-0.15, -0.1) is 0 Å². The van der Waals surface area contributed by atoms with E-state index >= 15 is 0 Å². The molecule has 44 heavy (non-hydrogen) atoms. The van der Waals surface area contributed by atoms with Crippen LogP contribution in [0, 0.1) is 0 Å². The number of ether oxygens (including phenoxy) is 3. The molecule has 0 saturated heterocycles. The Labute approximate surface area is 260 Å². The van der Waals surface area contributed by atoms with Crippen molar-refractivity contribution < 1.29 is 34.0 Å². The molecule has 9 heteroatoms. The minimum atomic E-state index is -1.07. The van der Waals surface area contributed by atoms with Crippen molar-refractivity contribution in [1.29, 1.82) is 0 Å². The second-order valence-corrected chi connectivity index (χ2v) is 12.0. The van der Waals surface area contributed by atoms with Crippen LogP contribution in [-0.4, -0.2) is 65.1 Å². The van der Waals surface area contributed by atoms with Crippen LogP contribution < -0.4 is 19.5 Å². The number of nitrogens with one attached hydrogen (secondary N) is 1. The number of para-hydroxylation sites is 1. The number of hydrogen-bond donors (Lipinski definition) is 3. The molecule has 0 saturated carbocycles. The van der Waals surface area contributed by atoms with Gasteiger partial charge in [-0.3, -0.25) is 9.59 Å². The molecular formula is C35H46N2O7. The number of carbonyl (C=O) groups excluding carboxylic acids is 2. The summed E-state index contributed by atoms with van der Waals surface area (Å²) in [4.78, 5) is 29.1. The maximum Gasteiger partial charge on any atom is 0.247 e. The molecule has 3 aliphatic rings. The number of benzene rings is 2. The summed E-state index contributed by atoms with van der Waals surface area (Å²) in [6.45, 7) is 2.50. The minimum absolute atomic E-state index is 0.0880. The first-order valence-electron chi connectivity index (χ1n) is 16.2. The molecule has 5 rings (SSSR count). The smallest absolute Gasteiger partial charge is 0.247 e. The van der Waals surface area contributed by atoms with Gasteiger partial charge in [0.1, 0.15) is 18.0 Å². The molecule has 4 atom stereocenters. The Morgan fingerprint density at radius 2 is 1.66 bits per heavy atom. The van der Waals surface area contributed by atoms with Crippen LogP contribution in [-0.2, 0) is 16.1 Å². The van der Waals surface area contributed by atoms with Crippen molar-refractivity contribution >= 4 is 11.8 Å². The number of aliphatic hydroxyl groups excluding tert-OH is 2. The van der Waals surface area contributed by atoms with Gasteiger partial charge in [-0.2, -0.15) is 0 Å². The van der Waals surface area contributed by atoms with E-state index in [4.69, 9.17) is 14.2 Å². The summed E-state index contributed by atoms with van der Waals surface area (Å²) in [6.07, 6.45) is 10.6. The molecular weight excluding hydrogens is 560 g/mol. The summed E-state index contributed by atoms with van der Waals surface area (Å²) in [6, 6.07) is 12.3. The van der Waals surface area contributed by atoms with E-state index in [2.05, 4.69) is 12.2 Å². The van der Waals surface area contributed by atoms with Crippen molar-refractivity contribution in [2.24, 2.45) is 0 Å². The normalized spacial score (nSPS) is 21.2. The second-order valence-electron chi connectivity index (χ2n) is 12.0. The number of unbranched alkanes of at least 4 members (excludes halogenated alkanes) is 8. The van der Waals surface area contributed by atoms with Crippen LogP contribution in [0.3, 0.4) is 0 Å². The Kier molecular flexibility index (Phi) is 11.2. The Hall–Kier alpha value is -3.56. The number of hydrogen-bond acceptors (Lipinski definition) is 7. The van der Waals surface area contributed by atoms with E-state index in [0.29, 0.717) is 29.2 Å². The highest BCUT2D eigenvalue weighted by molar-refractivity contribution is 5.96. The van der Waals surface area contributed by atoms with Crippen molar-refractivity contribution in [3.63, 3.8) is 0 Å². The van der Waals surface area contributed by atoms with Gasteiger partial charge in [0, 0.05) is 30.6 Å². The molecule has 0 spiro atoms. The van der Waals surface area contributed by atoms with Crippen LogP contribution in [0.15, 0.2) is 54.1 Å². The average Bonchev–Trinajstić information content (AvgIpc) is 3.67. The van der Waals surface area contributed by atoms with Crippen LogP contribution in [0.1, 0.15) is 88.2 Å². The summed E-state index contributed by atoms with van der Waals surface area (Å²) in [7, 11) is 0. The molecule has 2 heterocycles. The third-order valence-electron chi connectivity index (χ3n) is 8.84. The van der Waals surface area contributed by atoms with Crippen molar-refractivity contribution in [1.82, 2.24) is 10.2 Å². The van der Waals surface area contributed by atoms with E-state index in [0.717, 1.165) is 30.4 Å². The predicted octanol–water partition coefficient (Wildman–Crippen LogP) is 4.99. The number of amides is 2. The van der Waals surface area contributed by atoms with Gasteiger partial charge in [0.15, 0.2) is 11.5 Å². The summed E-state index contributed by atoms with van der Waals surface area (Å²) < 4.78 is 17.3. The van der Waals surface area contributed by atoms with Gasteiger partial charge in [-0.1, -0.05) is 82.6 Å². The highest BCUT2D eigenvalue weighted by atomic mass is 16.7. The first-order valence-corrected chi connectivity index (χ1v) is 16.2. The molecule has 4 unspecified atom stereocenters. The fourth-order valence-corrected chi connectivity index (χ4v) is 6.52. The van der Waals surface area contributed by atoms with E-state index in [1.54, 1.807) is 11.0 Å². The Morgan fingerprint density at radius 3 is 2.43 bits per heavy atom. The van der Waals surface area contributed by atoms with Gasteiger partial charge in [0.2, 0.25) is 18.6 Å². The van der Waals surface area contributed by atoms with E-state index in [1.165, 1.54) is 38.5 Å². The Balaban J connectivity index is 1.36. The fraction of sp³-hybridized carbons (Fsp3) is 0.543. The Bertz CT molecular complexity index is 1310. The molecule has 0 fully saturated rings. The minimum Gasteiger partial charge on any atom is -0.486 e. The zero-order chi connectivity index (χ0) is 30.9. The van der Waals surface area contributed by atoms with Gasteiger partial charge in [0.05, 0.1) is 18.6 Å². The standard InChI is InChI=1S/C35H46N2O7/c1-2-3-4-5-6-7-8-9-10-15-31(39)37(22-24-16-17-29-30(20-24)43-23-42-29)27-21-26(35(41)36-18-19-38)32-25-13-11-12-14-28(25)44-34(32)33(27)40/h11-14,16-17,20-21,27,32-34,38,40H,2-10,15,18-19,22-23H2,1H3,(H,36,41). The third kappa shape index (κ3) is 7.38. The van der Waals surface area contributed by atoms with Gasteiger partial charge in [-0.05, 0) is 36.3 Å². The molecule has 0 radical (unpaired) electrons. The van der Waals surface area contributed by atoms with Crippen molar-refractivity contribution in [3.05, 3.63) is 65.2 Å². The largest absolute Gasteiger partial charge is 0.486 e. The molecule has 2 aromatic carbocycles. The first-order chi connectivity index (χ1) is 21.5. The maximum absolute atomic E-state index is 13.9. The molecule has 3 N–H and O–H groups in total. The van der Waals surface area contributed by atoms with E-state index < -0.39 is 24.2 Å². The van der Waals surface area contributed by atoms with Gasteiger partial charge < -0.3 is 34.6 Å². The zero-order valence-electron chi connectivity index (χ0n) is 25.7. The van der Waals surface area contributed by atoms with Crippen LogP contribution in [0.25, 0.3) is 0 Å². The molecule has 2 amide bonds. The molecule has 1 aliphatic carbocycles. The number of rotatable bonds is 16. The van der Waals surface area contributed by atoms with Crippen LogP contribution in [0.5, 0.6) is 17.2 Å². The van der Waals surface area contributed by atoms with Gasteiger partial charge in [0.25, 0.3) is 0 Å². The van der Waals surface area contributed by atoms with Crippen LogP contribution in [0.2, 0.25) is 0 Å². The zero-order valence-corrected chi connectivity index (χ0v) is 25.7. The topological polar surface area (TPSA) is 118 Å². The third-order valence-corrected chi connectivity index (χ3v) is 8.84. The molecule has 9 nitrogen and oxygen atoms in total. The van der Waals surface area contributed by atoms with Gasteiger partial charge >= 0.3 is 0 Å². The van der Waals surface area contributed by atoms with Crippen molar-refractivity contribution in [2.45, 2.75) is 102 Å². The lowest BCUT2D eigenvalue weighted by Gasteiger charge is -2.41. The quantitative estimate of drug-likeness (QED) is 0.231. The van der Waals surface area contributed by atoms with Gasteiger partial charge in [-0.25, -0.2) is 0 Å². The second kappa shape index (κ2) is 15.4. The van der Waals surface area contributed by atoms with Crippen LogP contribution >= 0.6 is 0 Å². The first kappa shape index (κ1) is 31.9. The summed E-state index contributed by atoms with van der Waals surface area (Å²) in [5.74, 6) is 0.965. The molecule has 0 bridgehead atoms. The summed E-state index contributed by atoms with van der Waals surface area (Å²) in [5.41, 5.74) is 2.08. The maximum atomic E-state index is 13.9.